The molecule has 1 aromatic carbocycles. The first kappa shape index (κ1) is 17.1. The molecule has 22 heavy (non-hydrogen) atoms. The number of halogens is 1. The van der Waals surface area contributed by atoms with E-state index in [0.717, 1.165) is 24.8 Å². The molecule has 1 aliphatic rings. The van der Waals surface area contributed by atoms with Gasteiger partial charge >= 0.3 is 0 Å². The van der Waals surface area contributed by atoms with Gasteiger partial charge in [0.1, 0.15) is 5.82 Å². The zero-order valence-corrected chi connectivity index (χ0v) is 13.8. The largest absolute Gasteiger partial charge is 0.293 e. The molecule has 1 aromatic rings. The third kappa shape index (κ3) is 3.93. The van der Waals surface area contributed by atoms with E-state index in [-0.39, 0.29) is 5.56 Å². The van der Waals surface area contributed by atoms with Crippen LogP contribution in [0.5, 0.6) is 0 Å². The number of hydrogen-bond donors (Lipinski definition) is 1. The summed E-state index contributed by atoms with van der Waals surface area (Å²) in [5.74, 6) is -1.11. The highest BCUT2D eigenvalue weighted by Gasteiger charge is 2.27. The van der Waals surface area contributed by atoms with Gasteiger partial charge in [-0.3, -0.25) is 4.79 Å². The Morgan fingerprint density at radius 2 is 1.86 bits per heavy atom. The maximum Gasteiger partial charge on any atom is 0.214 e. The minimum atomic E-state index is -3.51. The zero-order valence-electron chi connectivity index (χ0n) is 13.0. The van der Waals surface area contributed by atoms with Crippen molar-refractivity contribution in [1.82, 2.24) is 4.72 Å². The lowest BCUT2D eigenvalue weighted by molar-refractivity contribution is 0.0992. The Kier molecular flexibility index (Phi) is 5.34. The average Bonchev–Trinajstić information content (AvgIpc) is 2.49. The van der Waals surface area contributed by atoms with Crippen molar-refractivity contribution in [3.8, 4) is 0 Å². The van der Waals surface area contributed by atoms with Crippen molar-refractivity contribution in [3.05, 3.63) is 34.6 Å². The van der Waals surface area contributed by atoms with Crippen molar-refractivity contribution < 1.29 is 17.6 Å². The maximum absolute atomic E-state index is 14.0. The van der Waals surface area contributed by atoms with Crippen molar-refractivity contribution >= 4 is 15.8 Å². The number of aryl methyl sites for hydroxylation is 2. The minimum Gasteiger partial charge on any atom is -0.293 e. The summed E-state index contributed by atoms with van der Waals surface area (Å²) in [5.41, 5.74) is 1.11. The highest BCUT2D eigenvalue weighted by molar-refractivity contribution is 7.90. The van der Waals surface area contributed by atoms with Crippen LogP contribution in [-0.4, -0.2) is 26.0 Å². The second-order valence-corrected chi connectivity index (χ2v) is 8.04. The van der Waals surface area contributed by atoms with Gasteiger partial charge in [-0.25, -0.2) is 17.5 Å². The Labute approximate surface area is 131 Å². The van der Waals surface area contributed by atoms with Crippen molar-refractivity contribution in [3.63, 3.8) is 0 Å². The van der Waals surface area contributed by atoms with Gasteiger partial charge in [0.15, 0.2) is 5.78 Å². The van der Waals surface area contributed by atoms with Gasteiger partial charge in [-0.1, -0.05) is 25.3 Å². The highest BCUT2D eigenvalue weighted by atomic mass is 32.2. The third-order valence-corrected chi connectivity index (χ3v) is 6.02. The Morgan fingerprint density at radius 3 is 2.50 bits per heavy atom. The van der Waals surface area contributed by atoms with Crippen LogP contribution in [-0.2, 0) is 10.0 Å². The highest BCUT2D eigenvalue weighted by Crippen LogP contribution is 2.23. The molecule has 6 heteroatoms. The Morgan fingerprint density at radius 1 is 1.23 bits per heavy atom. The summed E-state index contributed by atoms with van der Waals surface area (Å²) in [6.07, 6.45) is 4.10. The van der Waals surface area contributed by atoms with Gasteiger partial charge in [-0.2, -0.15) is 0 Å². The molecule has 1 saturated carbocycles. The molecule has 0 bridgehead atoms. The van der Waals surface area contributed by atoms with Crippen molar-refractivity contribution in [1.29, 1.82) is 0 Å². The van der Waals surface area contributed by atoms with E-state index in [4.69, 9.17) is 0 Å². The number of rotatable bonds is 5. The van der Waals surface area contributed by atoms with E-state index < -0.39 is 33.4 Å². The molecule has 0 aliphatic heterocycles. The Bertz CT molecular complexity index is 664. The van der Waals surface area contributed by atoms with E-state index in [1.54, 1.807) is 19.9 Å². The van der Waals surface area contributed by atoms with Crippen molar-refractivity contribution in [2.45, 2.75) is 51.2 Å². The second kappa shape index (κ2) is 6.87. The first-order chi connectivity index (χ1) is 10.3. The lowest BCUT2D eigenvalue weighted by atomic mass is 10.0. The number of hydrogen-bond acceptors (Lipinski definition) is 3. The fraction of sp³-hybridized carbons (Fsp3) is 0.562. The Balaban J connectivity index is 2.06. The molecule has 0 radical (unpaired) electrons. The molecule has 0 saturated heterocycles. The lowest BCUT2D eigenvalue weighted by Gasteiger charge is -2.21. The quantitative estimate of drug-likeness (QED) is 0.846. The fourth-order valence-corrected chi connectivity index (χ4v) is 4.43. The van der Waals surface area contributed by atoms with E-state index >= 15 is 0 Å². The van der Waals surface area contributed by atoms with Gasteiger partial charge in [0.2, 0.25) is 10.0 Å². The number of nitrogens with one attached hydrogen (secondary N) is 1. The number of carbonyl (C=O) groups is 1. The molecule has 0 spiro atoms. The van der Waals surface area contributed by atoms with Crippen LogP contribution in [0.3, 0.4) is 0 Å². The van der Waals surface area contributed by atoms with Crippen LogP contribution in [0, 0.1) is 19.7 Å². The number of benzene rings is 1. The number of carbonyl (C=O) groups excluding carboxylic acids is 1. The fourth-order valence-electron chi connectivity index (χ4n) is 2.91. The zero-order chi connectivity index (χ0) is 16.3. The normalized spacial score (nSPS) is 16.7. The van der Waals surface area contributed by atoms with Crippen molar-refractivity contribution in [2.24, 2.45) is 0 Å². The number of Topliss-reactive ketones (excluding diaryl/α,β-unsaturated/α-hetero) is 1. The van der Waals surface area contributed by atoms with Gasteiger partial charge in [-0.05, 0) is 43.9 Å². The Hall–Kier alpha value is -1.27. The summed E-state index contributed by atoms with van der Waals surface area (Å²) in [6.45, 7) is 2.97. The smallest absolute Gasteiger partial charge is 0.214 e. The van der Waals surface area contributed by atoms with Crippen LogP contribution in [0.4, 0.5) is 4.39 Å². The molecule has 122 valence electrons. The summed E-state index contributed by atoms with van der Waals surface area (Å²) in [6, 6.07) is 3.11. The number of sulfonamides is 1. The van der Waals surface area contributed by atoms with Crippen LogP contribution in [0.1, 0.15) is 53.6 Å². The summed E-state index contributed by atoms with van der Waals surface area (Å²) in [5, 5.41) is -0.432. The standard InChI is InChI=1S/C16H22FNO3S/c1-11-8-12(2)16(17)14(9-11)15(19)10-18-22(20,21)13-6-4-3-5-7-13/h8-9,13,18H,3-7,10H2,1-2H3. The minimum absolute atomic E-state index is 0.0520. The van der Waals surface area contributed by atoms with Gasteiger partial charge in [0, 0.05) is 0 Å². The predicted octanol–water partition coefficient (Wildman–Crippen LogP) is 2.88. The van der Waals surface area contributed by atoms with Crippen LogP contribution in [0.2, 0.25) is 0 Å². The van der Waals surface area contributed by atoms with E-state index in [1.807, 2.05) is 0 Å². The summed E-state index contributed by atoms with van der Waals surface area (Å²) in [7, 11) is -3.51. The molecule has 1 N–H and O–H groups in total. The van der Waals surface area contributed by atoms with E-state index in [2.05, 4.69) is 4.72 Å². The van der Waals surface area contributed by atoms with Crippen LogP contribution < -0.4 is 4.72 Å². The van der Waals surface area contributed by atoms with E-state index in [1.165, 1.54) is 6.07 Å². The lowest BCUT2D eigenvalue weighted by Crippen LogP contribution is -2.38. The van der Waals surface area contributed by atoms with Crippen LogP contribution >= 0.6 is 0 Å². The van der Waals surface area contributed by atoms with Crippen molar-refractivity contribution in [2.75, 3.05) is 6.54 Å². The topological polar surface area (TPSA) is 63.2 Å². The molecule has 0 atom stereocenters. The molecule has 0 heterocycles. The molecular weight excluding hydrogens is 305 g/mol. The molecule has 0 aromatic heterocycles. The van der Waals surface area contributed by atoms with Gasteiger partial charge in [-0.15, -0.1) is 0 Å². The number of ketones is 1. The molecule has 1 aliphatic carbocycles. The molecule has 0 unspecified atom stereocenters. The van der Waals surface area contributed by atoms with E-state index in [9.17, 15) is 17.6 Å². The molecular formula is C16H22FNO3S. The molecule has 2 rings (SSSR count). The van der Waals surface area contributed by atoms with Gasteiger partial charge < -0.3 is 0 Å². The maximum atomic E-state index is 14.0. The average molecular weight is 327 g/mol. The first-order valence-electron chi connectivity index (χ1n) is 7.59. The first-order valence-corrected chi connectivity index (χ1v) is 9.14. The summed E-state index contributed by atoms with van der Waals surface area (Å²) in [4.78, 5) is 12.1. The third-order valence-electron chi connectivity index (χ3n) is 4.12. The molecule has 4 nitrogen and oxygen atoms in total. The van der Waals surface area contributed by atoms with Gasteiger partial charge in [0.05, 0.1) is 17.4 Å². The van der Waals surface area contributed by atoms with Crippen LogP contribution in [0.15, 0.2) is 12.1 Å². The van der Waals surface area contributed by atoms with Gasteiger partial charge in [0.25, 0.3) is 0 Å². The van der Waals surface area contributed by atoms with Crippen LogP contribution in [0.25, 0.3) is 0 Å². The SMILES string of the molecule is Cc1cc(C)c(F)c(C(=O)CNS(=O)(=O)C2CCCCC2)c1. The summed E-state index contributed by atoms with van der Waals surface area (Å²) < 4.78 is 40.7. The molecule has 1 fully saturated rings. The van der Waals surface area contributed by atoms with E-state index in [0.29, 0.717) is 18.4 Å². The molecule has 0 amide bonds. The monoisotopic (exact) mass is 327 g/mol. The summed E-state index contributed by atoms with van der Waals surface area (Å²) >= 11 is 0. The second-order valence-electron chi connectivity index (χ2n) is 5.99. The predicted molar refractivity (Wildman–Crippen MR) is 84.0 cm³/mol.